The number of fused-ring (bicyclic) bond motifs is 1. The van der Waals surface area contributed by atoms with Crippen molar-refractivity contribution in [2.45, 2.75) is 35.4 Å². The Labute approximate surface area is 132 Å². The fourth-order valence-corrected chi connectivity index (χ4v) is 3.26. The van der Waals surface area contributed by atoms with Gasteiger partial charge in [0.1, 0.15) is 0 Å². The van der Waals surface area contributed by atoms with Crippen LogP contribution in [0.15, 0.2) is 29.2 Å². The molecule has 3 amide bonds. The summed E-state index contributed by atoms with van der Waals surface area (Å²) in [5, 5.41) is 7.68. The van der Waals surface area contributed by atoms with Crippen LogP contribution in [0.3, 0.4) is 0 Å². The van der Waals surface area contributed by atoms with Crippen LogP contribution < -0.4 is 16.0 Å². The third kappa shape index (κ3) is 3.79. The van der Waals surface area contributed by atoms with E-state index in [1.165, 1.54) is 11.8 Å². The number of thioether (sulfide) groups is 1. The molecule has 0 bridgehead atoms. The summed E-state index contributed by atoms with van der Waals surface area (Å²) >= 11 is 1.37. The lowest BCUT2D eigenvalue weighted by molar-refractivity contribution is -0.127. The highest BCUT2D eigenvalue weighted by Crippen LogP contribution is 2.36. The number of anilines is 1. The third-order valence-corrected chi connectivity index (χ3v) is 4.74. The van der Waals surface area contributed by atoms with Crippen LogP contribution in [0.25, 0.3) is 0 Å². The van der Waals surface area contributed by atoms with Crippen molar-refractivity contribution >= 4 is 35.2 Å². The maximum absolute atomic E-state index is 12.0. The van der Waals surface area contributed by atoms with Gasteiger partial charge in [0.25, 0.3) is 0 Å². The van der Waals surface area contributed by atoms with Crippen LogP contribution >= 0.6 is 11.8 Å². The van der Waals surface area contributed by atoms with Crippen LogP contribution in [0.5, 0.6) is 0 Å². The Kier molecular flexibility index (Phi) is 4.33. The van der Waals surface area contributed by atoms with E-state index in [4.69, 9.17) is 0 Å². The highest BCUT2D eigenvalue weighted by Gasteiger charge is 2.29. The summed E-state index contributed by atoms with van der Waals surface area (Å²) in [4.78, 5) is 36.3. The standard InChI is InChI=1S/C15H17N3O3S/c19-13(16-8-14(20)17-9-5-6-9)7-12-15(21)18-10-3-1-2-4-11(10)22-12/h1-4,9,12H,5-8H2,(H,16,19)(H,17,20)(H,18,21)/t12-/m1/s1. The SMILES string of the molecule is O=C(C[C@H]1Sc2ccccc2NC1=O)NCC(=O)NC1CC1. The van der Waals surface area contributed by atoms with Crippen molar-refractivity contribution in [2.24, 2.45) is 0 Å². The first kappa shape index (κ1) is 14.9. The average Bonchev–Trinajstić information content (AvgIpc) is 3.30. The Bertz CT molecular complexity index is 616. The number of carbonyl (C=O) groups is 3. The normalized spacial score (nSPS) is 19.8. The molecule has 116 valence electrons. The van der Waals surface area contributed by atoms with Crippen molar-refractivity contribution in [2.75, 3.05) is 11.9 Å². The molecule has 0 unspecified atom stereocenters. The maximum atomic E-state index is 12.0. The number of hydrogen-bond donors (Lipinski definition) is 3. The Balaban J connectivity index is 1.49. The molecule has 0 radical (unpaired) electrons. The van der Waals surface area contributed by atoms with E-state index in [0.29, 0.717) is 0 Å². The predicted octanol–water partition coefficient (Wildman–Crippen LogP) is 0.884. The van der Waals surface area contributed by atoms with E-state index in [1.54, 1.807) is 0 Å². The van der Waals surface area contributed by atoms with Crippen LogP contribution in [0.2, 0.25) is 0 Å². The molecule has 2 aliphatic rings. The van der Waals surface area contributed by atoms with Crippen molar-refractivity contribution in [3.05, 3.63) is 24.3 Å². The van der Waals surface area contributed by atoms with Gasteiger partial charge in [0.05, 0.1) is 17.5 Å². The second-order valence-electron chi connectivity index (χ2n) is 5.41. The zero-order valence-corrected chi connectivity index (χ0v) is 12.7. The highest BCUT2D eigenvalue weighted by atomic mass is 32.2. The Hall–Kier alpha value is -2.02. The summed E-state index contributed by atoms with van der Waals surface area (Å²) in [7, 11) is 0. The van der Waals surface area contributed by atoms with Crippen molar-refractivity contribution in [3.8, 4) is 0 Å². The number of nitrogens with one attached hydrogen (secondary N) is 3. The first-order valence-corrected chi connectivity index (χ1v) is 8.12. The molecular weight excluding hydrogens is 302 g/mol. The fourth-order valence-electron chi connectivity index (χ4n) is 2.15. The number of rotatable bonds is 5. The van der Waals surface area contributed by atoms with Crippen LogP contribution in [-0.4, -0.2) is 35.6 Å². The average molecular weight is 319 g/mol. The summed E-state index contributed by atoms with van der Waals surface area (Å²) in [6.45, 7) is -0.0368. The molecule has 1 aliphatic heterocycles. The summed E-state index contributed by atoms with van der Waals surface area (Å²) in [6, 6.07) is 7.76. The minimum absolute atomic E-state index is 0.0368. The van der Waals surface area contributed by atoms with Gasteiger partial charge in [-0.1, -0.05) is 12.1 Å². The lowest BCUT2D eigenvalue weighted by atomic mass is 10.2. The molecule has 6 nitrogen and oxygen atoms in total. The smallest absolute Gasteiger partial charge is 0.239 e. The summed E-state index contributed by atoms with van der Waals surface area (Å²) in [6.07, 6.45) is 2.08. The largest absolute Gasteiger partial charge is 0.352 e. The molecule has 1 aromatic rings. The van der Waals surface area contributed by atoms with Gasteiger partial charge in [-0.15, -0.1) is 11.8 Å². The van der Waals surface area contributed by atoms with Gasteiger partial charge in [0.15, 0.2) is 0 Å². The zero-order chi connectivity index (χ0) is 15.5. The van der Waals surface area contributed by atoms with Crippen molar-refractivity contribution in [1.82, 2.24) is 10.6 Å². The lowest BCUT2D eigenvalue weighted by Gasteiger charge is -2.23. The fraction of sp³-hybridized carbons (Fsp3) is 0.400. The molecule has 0 aromatic heterocycles. The topological polar surface area (TPSA) is 87.3 Å². The van der Waals surface area contributed by atoms with Gasteiger partial charge in [-0.3, -0.25) is 14.4 Å². The van der Waals surface area contributed by atoms with E-state index >= 15 is 0 Å². The van der Waals surface area contributed by atoms with Gasteiger partial charge in [-0.2, -0.15) is 0 Å². The number of amides is 3. The van der Waals surface area contributed by atoms with Gasteiger partial charge in [-0.05, 0) is 25.0 Å². The molecule has 3 N–H and O–H groups in total. The molecular formula is C15H17N3O3S. The molecule has 22 heavy (non-hydrogen) atoms. The molecule has 1 atom stereocenters. The van der Waals surface area contributed by atoms with Gasteiger partial charge in [0.2, 0.25) is 17.7 Å². The zero-order valence-electron chi connectivity index (χ0n) is 11.9. The van der Waals surface area contributed by atoms with Crippen LogP contribution in [0.1, 0.15) is 19.3 Å². The number of para-hydroxylation sites is 1. The van der Waals surface area contributed by atoms with E-state index in [9.17, 15) is 14.4 Å². The number of hydrogen-bond acceptors (Lipinski definition) is 4. The minimum atomic E-state index is -0.471. The molecule has 7 heteroatoms. The molecule has 1 heterocycles. The monoisotopic (exact) mass is 319 g/mol. The van der Waals surface area contributed by atoms with Crippen LogP contribution in [0.4, 0.5) is 5.69 Å². The van der Waals surface area contributed by atoms with E-state index in [-0.39, 0.29) is 36.7 Å². The van der Waals surface area contributed by atoms with E-state index < -0.39 is 5.25 Å². The summed E-state index contributed by atoms with van der Waals surface area (Å²) in [5.41, 5.74) is 0.776. The molecule has 1 aliphatic carbocycles. The van der Waals surface area contributed by atoms with Crippen LogP contribution in [-0.2, 0) is 14.4 Å². The Morgan fingerprint density at radius 3 is 2.77 bits per heavy atom. The Morgan fingerprint density at radius 2 is 2.00 bits per heavy atom. The second-order valence-corrected chi connectivity index (χ2v) is 6.66. The molecule has 0 saturated heterocycles. The van der Waals surface area contributed by atoms with E-state index in [0.717, 1.165) is 23.4 Å². The second kappa shape index (κ2) is 6.39. The van der Waals surface area contributed by atoms with Crippen molar-refractivity contribution in [1.29, 1.82) is 0 Å². The van der Waals surface area contributed by atoms with Crippen LogP contribution in [0, 0.1) is 0 Å². The van der Waals surface area contributed by atoms with Gasteiger partial charge >= 0.3 is 0 Å². The quantitative estimate of drug-likeness (QED) is 0.752. The molecule has 0 spiro atoms. The van der Waals surface area contributed by atoms with Crippen molar-refractivity contribution < 1.29 is 14.4 Å². The first-order chi connectivity index (χ1) is 10.6. The third-order valence-electron chi connectivity index (χ3n) is 3.47. The molecule has 1 saturated carbocycles. The predicted molar refractivity (Wildman–Crippen MR) is 83.5 cm³/mol. The van der Waals surface area contributed by atoms with E-state index in [1.807, 2.05) is 24.3 Å². The number of carbonyl (C=O) groups excluding carboxylic acids is 3. The van der Waals surface area contributed by atoms with E-state index in [2.05, 4.69) is 16.0 Å². The summed E-state index contributed by atoms with van der Waals surface area (Å²) < 4.78 is 0. The first-order valence-electron chi connectivity index (χ1n) is 7.24. The molecule has 1 aromatic carbocycles. The molecule has 1 fully saturated rings. The minimum Gasteiger partial charge on any atom is -0.352 e. The van der Waals surface area contributed by atoms with Gasteiger partial charge in [0, 0.05) is 17.4 Å². The van der Waals surface area contributed by atoms with Gasteiger partial charge < -0.3 is 16.0 Å². The highest BCUT2D eigenvalue weighted by molar-refractivity contribution is 8.01. The molecule has 3 rings (SSSR count). The summed E-state index contributed by atoms with van der Waals surface area (Å²) in [5.74, 6) is -0.652. The number of benzene rings is 1. The lowest BCUT2D eigenvalue weighted by Crippen LogP contribution is -2.40. The maximum Gasteiger partial charge on any atom is 0.239 e. The van der Waals surface area contributed by atoms with Gasteiger partial charge in [-0.25, -0.2) is 0 Å². The van der Waals surface area contributed by atoms with Crippen molar-refractivity contribution in [3.63, 3.8) is 0 Å². The Morgan fingerprint density at radius 1 is 1.23 bits per heavy atom.